The molecule has 0 aliphatic heterocycles. The van der Waals surface area contributed by atoms with Gasteiger partial charge in [0.2, 0.25) is 11.5 Å². The Balaban J connectivity index is 2.71. The van der Waals surface area contributed by atoms with Crippen LogP contribution in [0.5, 0.6) is 23.0 Å². The first-order valence-electron chi connectivity index (χ1n) is 14.1. The van der Waals surface area contributed by atoms with Gasteiger partial charge in [-0.15, -0.1) is 0 Å². The van der Waals surface area contributed by atoms with Gasteiger partial charge < -0.3 is 18.9 Å². The molecule has 0 fully saturated rings. The van der Waals surface area contributed by atoms with E-state index in [9.17, 15) is 0 Å². The van der Waals surface area contributed by atoms with E-state index in [0.717, 1.165) is 48.3 Å². The third-order valence-corrected chi connectivity index (χ3v) is 7.09. The quantitative estimate of drug-likeness (QED) is 0.218. The van der Waals surface area contributed by atoms with Gasteiger partial charge in [0.05, 0.1) is 26.4 Å². The highest BCUT2D eigenvalue weighted by atomic mass is 16.6. The molecule has 0 heterocycles. The highest BCUT2D eigenvalue weighted by molar-refractivity contribution is 5.79. The van der Waals surface area contributed by atoms with Crippen molar-refractivity contribution in [2.75, 3.05) is 26.4 Å². The van der Waals surface area contributed by atoms with E-state index in [0.29, 0.717) is 61.6 Å². The molecule has 2 aromatic rings. The van der Waals surface area contributed by atoms with Gasteiger partial charge in [-0.05, 0) is 35.3 Å². The molecule has 4 heteroatoms. The Kier molecular flexibility index (Phi) is 13.0. The summed E-state index contributed by atoms with van der Waals surface area (Å²) in [6, 6.07) is 12.5. The smallest absolute Gasteiger partial charge is 0.208 e. The highest BCUT2D eigenvalue weighted by Crippen LogP contribution is 2.51. The van der Waals surface area contributed by atoms with Gasteiger partial charge in [-0.3, -0.25) is 0 Å². The molecule has 0 saturated heterocycles. The number of benzene rings is 2. The molecule has 0 radical (unpaired) electrons. The van der Waals surface area contributed by atoms with Crippen molar-refractivity contribution in [3.05, 3.63) is 36.4 Å². The Morgan fingerprint density at radius 2 is 0.944 bits per heavy atom. The number of rotatable bonds is 17. The summed E-state index contributed by atoms with van der Waals surface area (Å²) in [6.45, 7) is 20.0. The van der Waals surface area contributed by atoms with E-state index in [1.165, 1.54) is 0 Å². The van der Waals surface area contributed by atoms with Crippen LogP contribution in [-0.4, -0.2) is 26.4 Å². The molecular weight excluding hydrogens is 448 g/mol. The first kappa shape index (κ1) is 29.9. The Morgan fingerprint density at radius 1 is 0.528 bits per heavy atom. The molecule has 0 amide bonds. The van der Waals surface area contributed by atoms with Crippen LogP contribution in [-0.2, 0) is 0 Å². The third kappa shape index (κ3) is 8.94. The topological polar surface area (TPSA) is 36.9 Å². The van der Waals surface area contributed by atoms with Crippen molar-refractivity contribution >= 4 is 0 Å². The van der Waals surface area contributed by atoms with Crippen LogP contribution in [0.2, 0.25) is 0 Å². The Bertz CT molecular complexity index is 879. The van der Waals surface area contributed by atoms with Gasteiger partial charge in [-0.1, -0.05) is 111 Å². The second kappa shape index (κ2) is 15.7. The van der Waals surface area contributed by atoms with Gasteiger partial charge >= 0.3 is 0 Å². The highest BCUT2D eigenvalue weighted by Gasteiger charge is 2.26. The van der Waals surface area contributed by atoms with E-state index in [1.807, 2.05) is 6.07 Å². The molecule has 0 aromatic heterocycles. The second-order valence-electron chi connectivity index (χ2n) is 10.6. The minimum absolute atomic E-state index is 0.416. The third-order valence-electron chi connectivity index (χ3n) is 7.09. The molecular formula is C32H50O4. The zero-order valence-corrected chi connectivity index (χ0v) is 24.1. The van der Waals surface area contributed by atoms with E-state index in [1.54, 1.807) is 0 Å². The minimum atomic E-state index is 0.416. The molecule has 2 rings (SSSR count). The molecule has 0 bridgehead atoms. The lowest BCUT2D eigenvalue weighted by Gasteiger charge is -2.25. The SMILES string of the molecule is CCC(C)COc1cc(-c2ccccc2)c(OCC(C)CC)c(OCC(C)CC)c1OCC(C)CC. The van der Waals surface area contributed by atoms with Gasteiger partial charge in [0.15, 0.2) is 11.5 Å². The molecule has 2 aromatic carbocycles. The summed E-state index contributed by atoms with van der Waals surface area (Å²) in [6.07, 6.45) is 4.20. The van der Waals surface area contributed by atoms with Crippen LogP contribution in [0.4, 0.5) is 0 Å². The zero-order chi connectivity index (χ0) is 26.5. The van der Waals surface area contributed by atoms with Gasteiger partial charge in [0.1, 0.15) is 0 Å². The maximum absolute atomic E-state index is 6.56. The maximum Gasteiger partial charge on any atom is 0.208 e. The van der Waals surface area contributed by atoms with E-state index in [-0.39, 0.29) is 0 Å². The first-order valence-corrected chi connectivity index (χ1v) is 14.1. The monoisotopic (exact) mass is 498 g/mol. The molecule has 0 spiro atoms. The molecule has 0 N–H and O–H groups in total. The average molecular weight is 499 g/mol. The lowest BCUT2D eigenvalue weighted by molar-refractivity contribution is 0.184. The summed E-state index contributed by atoms with van der Waals surface area (Å²) in [5.74, 6) is 4.53. The molecule has 202 valence electrons. The van der Waals surface area contributed by atoms with Crippen LogP contribution < -0.4 is 18.9 Å². The minimum Gasteiger partial charge on any atom is -0.489 e. The van der Waals surface area contributed by atoms with Crippen LogP contribution in [0, 0.1) is 23.7 Å². The van der Waals surface area contributed by atoms with Crippen molar-refractivity contribution in [1.29, 1.82) is 0 Å². The predicted octanol–water partition coefficient (Wildman–Crippen LogP) is 9.05. The van der Waals surface area contributed by atoms with E-state index in [4.69, 9.17) is 18.9 Å². The standard InChI is InChI=1S/C32H50O4/c1-9-23(5)19-33-29-18-28(27-16-14-13-15-17-27)30(34-20-24(6)10-2)32(36-22-26(8)12-4)31(29)35-21-25(7)11-3/h13-18,23-26H,9-12,19-22H2,1-8H3. The summed E-state index contributed by atoms with van der Waals surface area (Å²) in [4.78, 5) is 0. The van der Waals surface area contributed by atoms with Crippen LogP contribution in [0.25, 0.3) is 11.1 Å². The number of hydrogen-bond donors (Lipinski definition) is 0. The van der Waals surface area contributed by atoms with Crippen molar-refractivity contribution in [3.63, 3.8) is 0 Å². The molecule has 4 nitrogen and oxygen atoms in total. The zero-order valence-electron chi connectivity index (χ0n) is 24.1. The molecule has 0 saturated carbocycles. The fourth-order valence-electron chi connectivity index (χ4n) is 3.33. The summed E-state index contributed by atoms with van der Waals surface area (Å²) in [5, 5.41) is 0. The molecule has 0 aliphatic rings. The van der Waals surface area contributed by atoms with Gasteiger partial charge in [0, 0.05) is 5.56 Å². The second-order valence-corrected chi connectivity index (χ2v) is 10.6. The largest absolute Gasteiger partial charge is 0.489 e. The molecule has 4 unspecified atom stereocenters. The Hall–Kier alpha value is -2.36. The first-order chi connectivity index (χ1) is 17.3. The normalized spacial score (nSPS) is 14.6. The van der Waals surface area contributed by atoms with Crippen LogP contribution in [0.3, 0.4) is 0 Å². The number of hydrogen-bond acceptors (Lipinski definition) is 4. The van der Waals surface area contributed by atoms with Crippen molar-refractivity contribution < 1.29 is 18.9 Å². The van der Waals surface area contributed by atoms with Crippen molar-refractivity contribution in [1.82, 2.24) is 0 Å². The Morgan fingerprint density at radius 3 is 1.42 bits per heavy atom. The summed E-state index contributed by atoms with van der Waals surface area (Å²) in [7, 11) is 0. The van der Waals surface area contributed by atoms with Crippen molar-refractivity contribution in [2.24, 2.45) is 23.7 Å². The number of ether oxygens (including phenoxy) is 4. The molecule has 0 aliphatic carbocycles. The predicted molar refractivity (Wildman–Crippen MR) is 152 cm³/mol. The lowest BCUT2D eigenvalue weighted by atomic mass is 10.0. The fourth-order valence-corrected chi connectivity index (χ4v) is 3.33. The van der Waals surface area contributed by atoms with E-state index < -0.39 is 0 Å². The van der Waals surface area contributed by atoms with Gasteiger partial charge in [-0.25, -0.2) is 0 Å². The van der Waals surface area contributed by atoms with E-state index >= 15 is 0 Å². The van der Waals surface area contributed by atoms with Crippen molar-refractivity contribution in [3.8, 4) is 34.1 Å². The molecule has 36 heavy (non-hydrogen) atoms. The van der Waals surface area contributed by atoms with Gasteiger partial charge in [-0.2, -0.15) is 0 Å². The van der Waals surface area contributed by atoms with Crippen LogP contribution in [0.1, 0.15) is 81.1 Å². The van der Waals surface area contributed by atoms with E-state index in [2.05, 4.69) is 85.7 Å². The maximum atomic E-state index is 6.56. The van der Waals surface area contributed by atoms with Crippen LogP contribution >= 0.6 is 0 Å². The average Bonchev–Trinajstić information content (AvgIpc) is 2.92. The summed E-state index contributed by atoms with van der Waals surface area (Å²) >= 11 is 0. The molecule has 4 atom stereocenters. The summed E-state index contributed by atoms with van der Waals surface area (Å²) < 4.78 is 26.0. The lowest BCUT2D eigenvalue weighted by Crippen LogP contribution is -2.16. The van der Waals surface area contributed by atoms with Crippen molar-refractivity contribution in [2.45, 2.75) is 81.1 Å². The Labute approximate surface area is 220 Å². The van der Waals surface area contributed by atoms with Gasteiger partial charge in [0.25, 0.3) is 0 Å². The van der Waals surface area contributed by atoms with Crippen LogP contribution in [0.15, 0.2) is 36.4 Å². The fraction of sp³-hybridized carbons (Fsp3) is 0.625. The summed E-state index contributed by atoms with van der Waals surface area (Å²) in [5.41, 5.74) is 2.06.